The summed E-state index contributed by atoms with van der Waals surface area (Å²) in [7, 11) is 1.86. The van der Waals surface area contributed by atoms with E-state index in [-0.39, 0.29) is 18.4 Å². The van der Waals surface area contributed by atoms with Gasteiger partial charge in [-0.25, -0.2) is 4.79 Å². The van der Waals surface area contributed by atoms with Crippen LogP contribution >= 0.6 is 0 Å². The number of aromatic nitrogens is 5. The number of aryl methyl sites for hydroxylation is 2. The van der Waals surface area contributed by atoms with Crippen molar-refractivity contribution in [2.45, 2.75) is 32.9 Å². The molecule has 9 heteroatoms. The third-order valence-corrected chi connectivity index (χ3v) is 5.67. The lowest BCUT2D eigenvalue weighted by Gasteiger charge is -2.32. The first-order valence-electron chi connectivity index (χ1n) is 10.1. The number of amides is 1. The predicted molar refractivity (Wildman–Crippen MR) is 113 cm³/mol. The molecule has 0 spiro atoms. The Morgan fingerprint density at radius 1 is 1.26 bits per heavy atom. The van der Waals surface area contributed by atoms with Crippen LogP contribution < -0.4 is 5.63 Å². The minimum Gasteiger partial charge on any atom is -0.423 e. The highest BCUT2D eigenvalue weighted by molar-refractivity contribution is 5.87. The van der Waals surface area contributed by atoms with Crippen molar-refractivity contribution in [1.82, 2.24) is 29.4 Å². The number of fused-ring (bicyclic) bond motifs is 2. The number of carbonyl (C=O) groups excluding carboxylic acids is 1. The molecule has 0 N–H and O–H groups in total. The Hall–Kier alpha value is -3.75. The fourth-order valence-electron chi connectivity index (χ4n) is 4.21. The van der Waals surface area contributed by atoms with Crippen molar-refractivity contribution in [2.75, 3.05) is 6.54 Å². The second-order valence-electron chi connectivity index (χ2n) is 8.10. The Kier molecular flexibility index (Phi) is 4.46. The van der Waals surface area contributed by atoms with Gasteiger partial charge in [0.25, 0.3) is 0 Å². The molecule has 31 heavy (non-hydrogen) atoms. The third kappa shape index (κ3) is 3.41. The molecule has 1 amide bonds. The van der Waals surface area contributed by atoms with Crippen LogP contribution in [0, 0.1) is 6.92 Å². The molecule has 5 rings (SSSR count). The van der Waals surface area contributed by atoms with E-state index in [4.69, 9.17) is 4.42 Å². The summed E-state index contributed by atoms with van der Waals surface area (Å²) in [6, 6.07) is 7.08. The Morgan fingerprint density at radius 2 is 2.10 bits per heavy atom. The van der Waals surface area contributed by atoms with Crippen LogP contribution in [0.5, 0.6) is 0 Å². The topological polar surface area (TPSA) is 99.0 Å². The van der Waals surface area contributed by atoms with Crippen LogP contribution in [0.15, 0.2) is 45.9 Å². The summed E-state index contributed by atoms with van der Waals surface area (Å²) in [4.78, 5) is 26.9. The van der Waals surface area contributed by atoms with E-state index in [0.29, 0.717) is 24.2 Å². The van der Waals surface area contributed by atoms with E-state index in [1.165, 1.54) is 6.07 Å². The van der Waals surface area contributed by atoms with Gasteiger partial charge in [0.05, 0.1) is 30.8 Å². The number of nitrogens with zero attached hydrogens (tertiary/aromatic N) is 6. The minimum atomic E-state index is -0.450. The second-order valence-corrected chi connectivity index (χ2v) is 8.10. The first-order chi connectivity index (χ1) is 14.9. The summed E-state index contributed by atoms with van der Waals surface area (Å²) in [5, 5.41) is 13.7. The lowest BCUT2D eigenvalue weighted by molar-refractivity contribution is -0.132. The number of rotatable bonds is 3. The largest absolute Gasteiger partial charge is 0.423 e. The summed E-state index contributed by atoms with van der Waals surface area (Å²) < 4.78 is 9.10. The molecular formula is C22H22N6O3. The minimum absolute atomic E-state index is 0.0122. The molecule has 0 radical (unpaired) electrons. The van der Waals surface area contributed by atoms with Gasteiger partial charge in [0, 0.05) is 31.2 Å². The summed E-state index contributed by atoms with van der Waals surface area (Å²) in [5.74, 6) is 1.43. The van der Waals surface area contributed by atoms with Crippen molar-refractivity contribution in [1.29, 1.82) is 0 Å². The Balaban J connectivity index is 1.42. The normalized spacial score (nSPS) is 16.0. The molecule has 1 atom stereocenters. The molecule has 0 saturated carbocycles. The van der Waals surface area contributed by atoms with Gasteiger partial charge in [0.1, 0.15) is 5.58 Å². The molecule has 0 fully saturated rings. The molecule has 0 unspecified atom stereocenters. The molecule has 0 saturated heterocycles. The van der Waals surface area contributed by atoms with Gasteiger partial charge in [0.15, 0.2) is 11.6 Å². The predicted octanol–water partition coefficient (Wildman–Crippen LogP) is 2.24. The van der Waals surface area contributed by atoms with Crippen LogP contribution in [0.25, 0.3) is 22.4 Å². The van der Waals surface area contributed by atoms with Gasteiger partial charge in [-0.15, -0.1) is 10.2 Å². The summed E-state index contributed by atoms with van der Waals surface area (Å²) >= 11 is 0. The second kappa shape index (κ2) is 7.19. The SMILES string of the molecule is Cc1ccc2c(CC(=O)N3Cc4nnc(-c5cnn(C)c5)n4[C@@H](C)C3)cc(=O)oc2c1. The van der Waals surface area contributed by atoms with Crippen molar-refractivity contribution in [3.8, 4) is 11.4 Å². The van der Waals surface area contributed by atoms with Gasteiger partial charge < -0.3 is 13.9 Å². The Morgan fingerprint density at radius 3 is 2.87 bits per heavy atom. The highest BCUT2D eigenvalue weighted by Crippen LogP contribution is 2.28. The number of hydrogen-bond donors (Lipinski definition) is 0. The van der Waals surface area contributed by atoms with Crippen LogP contribution in [0.2, 0.25) is 0 Å². The van der Waals surface area contributed by atoms with E-state index in [0.717, 1.165) is 28.2 Å². The molecular weight excluding hydrogens is 396 g/mol. The van der Waals surface area contributed by atoms with Crippen molar-refractivity contribution in [2.24, 2.45) is 7.05 Å². The average molecular weight is 418 g/mol. The first kappa shape index (κ1) is 19.2. The van der Waals surface area contributed by atoms with Crippen LogP contribution in [0.3, 0.4) is 0 Å². The quantitative estimate of drug-likeness (QED) is 0.473. The molecule has 1 aromatic carbocycles. The zero-order valence-corrected chi connectivity index (χ0v) is 17.6. The maximum absolute atomic E-state index is 13.1. The van der Waals surface area contributed by atoms with Crippen molar-refractivity contribution in [3.05, 3.63) is 64.0 Å². The average Bonchev–Trinajstić information content (AvgIpc) is 3.33. The van der Waals surface area contributed by atoms with Crippen molar-refractivity contribution in [3.63, 3.8) is 0 Å². The van der Waals surface area contributed by atoms with E-state index in [1.807, 2.05) is 45.3 Å². The summed E-state index contributed by atoms with van der Waals surface area (Å²) in [6.45, 7) is 4.88. The van der Waals surface area contributed by atoms with Crippen LogP contribution in [-0.2, 0) is 24.8 Å². The zero-order chi connectivity index (χ0) is 21.7. The lowest BCUT2D eigenvalue weighted by atomic mass is 10.0. The molecule has 1 aliphatic heterocycles. The van der Waals surface area contributed by atoms with Gasteiger partial charge in [-0.05, 0) is 31.0 Å². The smallest absolute Gasteiger partial charge is 0.336 e. The Bertz CT molecular complexity index is 1370. The summed E-state index contributed by atoms with van der Waals surface area (Å²) in [6.07, 6.45) is 3.78. The molecule has 4 aromatic rings. The number of carbonyl (C=O) groups is 1. The standard InChI is InChI=1S/C22H22N6O3/c1-13-4-5-17-15(8-21(30)31-18(17)6-13)7-20(29)27-10-14(2)28-19(12-27)24-25-22(28)16-9-23-26(3)11-16/h4-6,8-9,11,14H,7,10,12H2,1-3H3/t14-/m0/s1. The lowest BCUT2D eigenvalue weighted by Crippen LogP contribution is -2.41. The van der Waals surface area contributed by atoms with Gasteiger partial charge in [0.2, 0.25) is 5.91 Å². The molecule has 158 valence electrons. The highest BCUT2D eigenvalue weighted by Gasteiger charge is 2.30. The van der Waals surface area contributed by atoms with E-state index in [1.54, 1.807) is 15.8 Å². The fraction of sp³-hybridized carbons (Fsp3) is 0.318. The van der Waals surface area contributed by atoms with E-state index >= 15 is 0 Å². The maximum Gasteiger partial charge on any atom is 0.336 e. The van der Waals surface area contributed by atoms with E-state index < -0.39 is 5.63 Å². The van der Waals surface area contributed by atoms with Gasteiger partial charge in [-0.3, -0.25) is 9.48 Å². The zero-order valence-electron chi connectivity index (χ0n) is 17.6. The molecule has 3 aromatic heterocycles. The number of benzene rings is 1. The molecule has 4 heterocycles. The van der Waals surface area contributed by atoms with Gasteiger partial charge >= 0.3 is 5.63 Å². The third-order valence-electron chi connectivity index (χ3n) is 5.67. The van der Waals surface area contributed by atoms with Crippen LogP contribution in [0.1, 0.15) is 29.9 Å². The molecule has 9 nitrogen and oxygen atoms in total. The monoisotopic (exact) mass is 418 g/mol. The van der Waals surface area contributed by atoms with Crippen molar-refractivity contribution >= 4 is 16.9 Å². The van der Waals surface area contributed by atoms with Gasteiger partial charge in [-0.1, -0.05) is 12.1 Å². The molecule has 0 aliphatic carbocycles. The first-order valence-corrected chi connectivity index (χ1v) is 10.1. The summed E-state index contributed by atoms with van der Waals surface area (Å²) in [5.41, 5.74) is 2.61. The molecule has 0 bridgehead atoms. The molecule has 1 aliphatic rings. The van der Waals surface area contributed by atoms with E-state index in [2.05, 4.69) is 19.9 Å². The van der Waals surface area contributed by atoms with Crippen molar-refractivity contribution < 1.29 is 9.21 Å². The fourth-order valence-corrected chi connectivity index (χ4v) is 4.21. The van der Waals surface area contributed by atoms with Crippen LogP contribution in [0.4, 0.5) is 0 Å². The number of hydrogen-bond acceptors (Lipinski definition) is 6. The van der Waals surface area contributed by atoms with Gasteiger partial charge in [-0.2, -0.15) is 5.10 Å². The maximum atomic E-state index is 13.1. The Labute approximate surface area is 177 Å². The highest BCUT2D eigenvalue weighted by atomic mass is 16.4. The van der Waals surface area contributed by atoms with Crippen LogP contribution in [-0.4, -0.2) is 41.9 Å². The van der Waals surface area contributed by atoms with E-state index in [9.17, 15) is 9.59 Å².